The van der Waals surface area contributed by atoms with E-state index in [0.717, 1.165) is 30.3 Å². The van der Waals surface area contributed by atoms with Crippen LogP contribution >= 0.6 is 12.4 Å². The highest BCUT2D eigenvalue weighted by atomic mass is 35.5. The van der Waals surface area contributed by atoms with Gasteiger partial charge in [0.25, 0.3) is 0 Å². The molecule has 1 aromatic rings. The van der Waals surface area contributed by atoms with Gasteiger partial charge in [-0.25, -0.2) is 4.98 Å². The summed E-state index contributed by atoms with van der Waals surface area (Å²) in [6.45, 7) is 7.03. The van der Waals surface area contributed by atoms with Crippen molar-refractivity contribution in [3.63, 3.8) is 0 Å². The lowest BCUT2D eigenvalue weighted by Gasteiger charge is -2.03. The summed E-state index contributed by atoms with van der Waals surface area (Å²) < 4.78 is 2.05. The fourth-order valence-electron chi connectivity index (χ4n) is 1.24. The summed E-state index contributed by atoms with van der Waals surface area (Å²) in [6.07, 6.45) is 1.10. The molecule has 70 valence electrons. The van der Waals surface area contributed by atoms with E-state index < -0.39 is 0 Å². The van der Waals surface area contributed by atoms with Crippen LogP contribution < -0.4 is 5.73 Å². The molecule has 0 aromatic carbocycles. The summed E-state index contributed by atoms with van der Waals surface area (Å²) in [5.41, 5.74) is 6.73. The summed E-state index contributed by atoms with van der Waals surface area (Å²) >= 11 is 0. The van der Waals surface area contributed by atoms with Crippen LogP contribution in [0.15, 0.2) is 0 Å². The molecule has 4 heteroatoms. The van der Waals surface area contributed by atoms with Crippen molar-refractivity contribution in [3.05, 3.63) is 11.5 Å². The van der Waals surface area contributed by atoms with Gasteiger partial charge < -0.3 is 10.3 Å². The molecule has 2 N–H and O–H groups in total. The second-order valence-corrected chi connectivity index (χ2v) is 2.78. The lowest BCUT2D eigenvalue weighted by Crippen LogP contribution is -2.04. The first-order valence-electron chi connectivity index (χ1n) is 3.96. The minimum Gasteiger partial charge on any atom is -0.384 e. The molecule has 0 amide bonds. The molecule has 12 heavy (non-hydrogen) atoms. The number of aromatic nitrogens is 2. The Morgan fingerprint density at radius 3 is 2.33 bits per heavy atom. The zero-order chi connectivity index (χ0) is 8.43. The second kappa shape index (κ2) is 4.36. The quantitative estimate of drug-likeness (QED) is 0.773. The first-order chi connectivity index (χ1) is 5.16. The van der Waals surface area contributed by atoms with Gasteiger partial charge in [0.05, 0.1) is 5.69 Å². The number of hydrogen-bond acceptors (Lipinski definition) is 2. The molecule has 0 aliphatic heterocycles. The van der Waals surface area contributed by atoms with Crippen molar-refractivity contribution < 1.29 is 0 Å². The summed E-state index contributed by atoms with van der Waals surface area (Å²) in [4.78, 5) is 4.27. The average molecular weight is 190 g/mol. The Hall–Kier alpha value is -0.700. The zero-order valence-electron chi connectivity index (χ0n) is 7.79. The average Bonchev–Trinajstić information content (AvgIpc) is 2.17. The lowest BCUT2D eigenvalue weighted by atomic mass is 10.4. The molecule has 1 heterocycles. The summed E-state index contributed by atoms with van der Waals surface area (Å²) in [5.74, 6) is 1.83. The second-order valence-electron chi connectivity index (χ2n) is 2.78. The van der Waals surface area contributed by atoms with Crippen LogP contribution in [-0.4, -0.2) is 9.55 Å². The fourth-order valence-corrected chi connectivity index (χ4v) is 1.24. The zero-order valence-corrected chi connectivity index (χ0v) is 8.61. The number of nitrogens with zero attached hydrogens (tertiary/aromatic N) is 2. The summed E-state index contributed by atoms with van der Waals surface area (Å²) in [6, 6.07) is 0. The van der Waals surface area contributed by atoms with Gasteiger partial charge >= 0.3 is 0 Å². The van der Waals surface area contributed by atoms with Gasteiger partial charge in [-0.15, -0.1) is 12.4 Å². The number of nitrogens with two attached hydrogens (primary N) is 1. The molecule has 0 radical (unpaired) electrons. The number of hydrogen-bond donors (Lipinski definition) is 1. The maximum absolute atomic E-state index is 5.79. The van der Waals surface area contributed by atoms with Gasteiger partial charge in [0.2, 0.25) is 0 Å². The number of nitrogen functional groups attached to an aromatic ring is 1. The van der Waals surface area contributed by atoms with Gasteiger partial charge in [-0.05, 0) is 20.3 Å². The van der Waals surface area contributed by atoms with Gasteiger partial charge in [0, 0.05) is 6.54 Å². The highest BCUT2D eigenvalue weighted by molar-refractivity contribution is 5.85. The van der Waals surface area contributed by atoms with E-state index in [2.05, 4.69) is 16.5 Å². The molecule has 0 atom stereocenters. The molecule has 1 aromatic heterocycles. The van der Waals surface area contributed by atoms with Gasteiger partial charge in [-0.3, -0.25) is 0 Å². The van der Waals surface area contributed by atoms with Crippen LogP contribution in [0.3, 0.4) is 0 Å². The first kappa shape index (κ1) is 11.3. The first-order valence-corrected chi connectivity index (χ1v) is 3.96. The van der Waals surface area contributed by atoms with E-state index in [4.69, 9.17) is 5.73 Å². The van der Waals surface area contributed by atoms with Crippen LogP contribution in [-0.2, 0) is 6.54 Å². The Morgan fingerprint density at radius 1 is 1.42 bits per heavy atom. The molecule has 0 aliphatic rings. The van der Waals surface area contributed by atoms with E-state index >= 15 is 0 Å². The summed E-state index contributed by atoms with van der Waals surface area (Å²) in [5, 5.41) is 0. The third-order valence-corrected chi connectivity index (χ3v) is 1.83. The third kappa shape index (κ3) is 1.91. The molecular formula is C8H16ClN3. The summed E-state index contributed by atoms with van der Waals surface area (Å²) in [7, 11) is 0. The molecule has 0 unspecified atom stereocenters. The van der Waals surface area contributed by atoms with Crippen molar-refractivity contribution in [3.8, 4) is 0 Å². The Balaban J connectivity index is 0.00000121. The molecule has 0 spiro atoms. The highest BCUT2D eigenvalue weighted by Gasteiger charge is 2.05. The van der Waals surface area contributed by atoms with Crippen molar-refractivity contribution in [2.45, 2.75) is 33.7 Å². The monoisotopic (exact) mass is 189 g/mol. The van der Waals surface area contributed by atoms with Gasteiger partial charge in [-0.1, -0.05) is 6.92 Å². The molecule has 0 saturated carbocycles. The number of rotatable bonds is 2. The highest BCUT2D eigenvalue weighted by Crippen LogP contribution is 2.12. The topological polar surface area (TPSA) is 43.8 Å². The van der Waals surface area contributed by atoms with E-state index in [9.17, 15) is 0 Å². The number of imidazole rings is 1. The Bertz CT molecular complexity index is 255. The van der Waals surface area contributed by atoms with Gasteiger partial charge in [-0.2, -0.15) is 0 Å². The van der Waals surface area contributed by atoms with Crippen molar-refractivity contribution >= 4 is 18.2 Å². The maximum Gasteiger partial charge on any atom is 0.126 e. The Morgan fingerprint density at radius 2 is 2.00 bits per heavy atom. The van der Waals surface area contributed by atoms with Crippen LogP contribution in [0.1, 0.15) is 24.9 Å². The van der Waals surface area contributed by atoms with E-state index in [1.165, 1.54) is 0 Å². The van der Waals surface area contributed by atoms with Crippen molar-refractivity contribution in [1.29, 1.82) is 0 Å². The van der Waals surface area contributed by atoms with Crippen LogP contribution in [0.25, 0.3) is 0 Å². The molecule has 0 aliphatic carbocycles. The van der Waals surface area contributed by atoms with E-state index in [-0.39, 0.29) is 12.4 Å². The van der Waals surface area contributed by atoms with Crippen LogP contribution in [0.5, 0.6) is 0 Å². The van der Waals surface area contributed by atoms with Crippen LogP contribution in [0, 0.1) is 13.8 Å². The van der Waals surface area contributed by atoms with E-state index in [1.807, 2.05) is 13.8 Å². The Labute approximate surface area is 79.4 Å². The minimum atomic E-state index is 0. The van der Waals surface area contributed by atoms with E-state index in [1.54, 1.807) is 0 Å². The third-order valence-electron chi connectivity index (χ3n) is 1.83. The van der Waals surface area contributed by atoms with Gasteiger partial charge in [0.1, 0.15) is 11.6 Å². The molecule has 3 nitrogen and oxygen atoms in total. The molecule has 1 rings (SSSR count). The number of aryl methyl sites for hydroxylation is 2. The lowest BCUT2D eigenvalue weighted by molar-refractivity contribution is 0.665. The van der Waals surface area contributed by atoms with E-state index in [0.29, 0.717) is 0 Å². The number of anilines is 1. The fraction of sp³-hybridized carbons (Fsp3) is 0.625. The van der Waals surface area contributed by atoms with Crippen LogP contribution in [0.2, 0.25) is 0 Å². The smallest absolute Gasteiger partial charge is 0.126 e. The SMILES string of the molecule is CCCn1c(C)nc(C)c1N.Cl. The standard InChI is InChI=1S/C8H15N3.ClH/c1-4-5-11-7(3)10-6(2)8(11)9;/h4-5,9H2,1-3H3;1H. The molecule has 0 saturated heterocycles. The molecule has 0 bridgehead atoms. The molecule has 0 fully saturated rings. The van der Waals surface area contributed by atoms with Crippen molar-refractivity contribution in [2.24, 2.45) is 0 Å². The van der Waals surface area contributed by atoms with Crippen molar-refractivity contribution in [2.75, 3.05) is 5.73 Å². The number of halogens is 1. The molecular weight excluding hydrogens is 174 g/mol. The minimum absolute atomic E-state index is 0. The maximum atomic E-state index is 5.79. The predicted molar refractivity (Wildman–Crippen MR) is 53.7 cm³/mol. The predicted octanol–water partition coefficient (Wildman–Crippen LogP) is 1.91. The largest absolute Gasteiger partial charge is 0.384 e. The van der Waals surface area contributed by atoms with Gasteiger partial charge in [0.15, 0.2) is 0 Å². The normalized spacial score (nSPS) is 9.58. The van der Waals surface area contributed by atoms with Crippen LogP contribution in [0.4, 0.5) is 5.82 Å². The van der Waals surface area contributed by atoms with Crippen molar-refractivity contribution in [1.82, 2.24) is 9.55 Å². The Kier molecular flexibility index (Phi) is 4.10.